The molecule has 2 saturated heterocycles. The SMILES string of the molecule is Cc1ncsc1-c1ccc(CNC(=O)[C@@H]2C[C@@H](C)CN2C(=O)[C@@H](NC(=O)CO[C@H](C)[C@@H](C)OCCOCCOc2ccc(N3C(=S)N(c4ccc(C#N)c(C(F)(F)F)c4)C(=O)C3(C)C)cc2)C(C)(C)C)cc1. The number of halogens is 3. The number of carbonyl (C=O) groups is 4. The number of hydrogen-bond acceptors (Lipinski definition) is 12. The van der Waals surface area contributed by atoms with Crippen molar-refractivity contribution in [2.24, 2.45) is 11.3 Å². The topological polar surface area (TPSA) is 176 Å². The van der Waals surface area contributed by atoms with Gasteiger partial charge in [-0.3, -0.25) is 24.1 Å². The average Bonchev–Trinajstić information content (AvgIpc) is 4.00. The van der Waals surface area contributed by atoms with E-state index in [1.807, 2.05) is 71.3 Å². The molecule has 0 radical (unpaired) electrons. The van der Waals surface area contributed by atoms with Crippen molar-refractivity contribution in [2.75, 3.05) is 49.4 Å². The molecule has 3 heterocycles. The molecule has 15 nitrogen and oxygen atoms in total. The van der Waals surface area contributed by atoms with E-state index in [1.54, 1.807) is 72.2 Å². The molecule has 0 spiro atoms. The third-order valence-electron chi connectivity index (χ3n) is 12.6. The zero-order chi connectivity index (χ0) is 52.7. The second-order valence-electron chi connectivity index (χ2n) is 19.6. The number of likely N-dealkylation sites (tertiary alicyclic amines) is 1. The molecule has 20 heteroatoms. The van der Waals surface area contributed by atoms with Crippen LogP contribution in [0, 0.1) is 29.6 Å². The molecule has 6 rings (SSSR count). The van der Waals surface area contributed by atoms with Crippen molar-refractivity contribution in [3.63, 3.8) is 0 Å². The first-order chi connectivity index (χ1) is 33.9. The van der Waals surface area contributed by atoms with Crippen molar-refractivity contribution in [2.45, 2.75) is 111 Å². The van der Waals surface area contributed by atoms with Crippen LogP contribution in [0.15, 0.2) is 72.2 Å². The van der Waals surface area contributed by atoms with E-state index in [1.165, 1.54) is 6.07 Å². The summed E-state index contributed by atoms with van der Waals surface area (Å²) >= 11 is 7.20. The Morgan fingerprint density at radius 3 is 2.24 bits per heavy atom. The first-order valence-corrected chi connectivity index (χ1v) is 24.9. The number of nitrogens with zero attached hydrogens (tertiary/aromatic N) is 5. The fraction of sp³-hybridized carbons (Fsp3) is 0.481. The summed E-state index contributed by atoms with van der Waals surface area (Å²) in [5.74, 6) is -0.976. The maximum absolute atomic E-state index is 14.2. The second kappa shape index (κ2) is 23.3. The maximum Gasteiger partial charge on any atom is 0.417 e. The third kappa shape index (κ3) is 13.2. The molecule has 0 bridgehead atoms. The van der Waals surface area contributed by atoms with E-state index >= 15 is 0 Å². The maximum atomic E-state index is 14.2. The number of aryl methyl sites for hydroxylation is 1. The van der Waals surface area contributed by atoms with Crippen LogP contribution in [0.1, 0.15) is 84.2 Å². The van der Waals surface area contributed by atoms with Crippen LogP contribution >= 0.6 is 23.6 Å². The summed E-state index contributed by atoms with van der Waals surface area (Å²) in [5.41, 5.74) is 1.56. The number of hydrogen-bond donors (Lipinski definition) is 2. The highest BCUT2D eigenvalue weighted by molar-refractivity contribution is 7.81. The summed E-state index contributed by atoms with van der Waals surface area (Å²) < 4.78 is 64.5. The van der Waals surface area contributed by atoms with Crippen molar-refractivity contribution < 1.29 is 51.3 Å². The van der Waals surface area contributed by atoms with Gasteiger partial charge in [-0.1, -0.05) is 52.0 Å². The number of nitrogens with one attached hydrogen (secondary N) is 2. The molecule has 3 aromatic carbocycles. The minimum absolute atomic E-state index is 0.0196. The molecule has 5 atom stereocenters. The van der Waals surface area contributed by atoms with Gasteiger partial charge < -0.3 is 39.4 Å². The first kappa shape index (κ1) is 55.3. The Balaban J connectivity index is 0.898. The van der Waals surface area contributed by atoms with Gasteiger partial charge in [-0.25, -0.2) is 4.98 Å². The zero-order valence-corrected chi connectivity index (χ0v) is 43.6. The highest BCUT2D eigenvalue weighted by Gasteiger charge is 2.51. The standard InChI is InChI=1S/C52H62F3N7O8S2/c1-31-24-42(46(64)57-27-35-10-12-36(13-11-35)44-32(2)58-30-72-44)60(28-31)47(65)45(50(5,6)7)59-43(63)29-70-34(4)33(3)68-22-20-67-21-23-69-40-18-16-38(17-19-40)62-49(71)61(48(66)51(62,8)9)39-15-14-37(26-56)41(25-39)52(53,54)55/h10-19,25,30-31,33-34,42,45H,20-24,27-29H2,1-9H3,(H,57,64)(H,59,63)/t31-,33-,34-,42+,45-/m1/s1. The lowest BCUT2D eigenvalue weighted by Crippen LogP contribution is -2.58. The minimum atomic E-state index is -4.81. The van der Waals surface area contributed by atoms with Gasteiger partial charge in [0, 0.05) is 18.8 Å². The number of rotatable bonds is 20. The van der Waals surface area contributed by atoms with E-state index in [9.17, 15) is 37.6 Å². The van der Waals surface area contributed by atoms with Gasteiger partial charge in [-0.2, -0.15) is 18.4 Å². The lowest BCUT2D eigenvalue weighted by atomic mass is 9.85. The van der Waals surface area contributed by atoms with Crippen LogP contribution in [-0.2, 0) is 46.1 Å². The van der Waals surface area contributed by atoms with Gasteiger partial charge in [0.05, 0.1) is 71.0 Å². The van der Waals surface area contributed by atoms with Crippen LogP contribution in [0.4, 0.5) is 24.5 Å². The Morgan fingerprint density at radius 2 is 1.61 bits per heavy atom. The Hall–Kier alpha value is -5.98. The second-order valence-corrected chi connectivity index (χ2v) is 20.8. The molecule has 2 aliphatic heterocycles. The summed E-state index contributed by atoms with van der Waals surface area (Å²) in [5, 5.41) is 15.1. The van der Waals surface area contributed by atoms with Crippen molar-refractivity contribution in [3.05, 3.63) is 94.6 Å². The molecule has 0 unspecified atom stereocenters. The Morgan fingerprint density at radius 1 is 0.958 bits per heavy atom. The van der Waals surface area contributed by atoms with Gasteiger partial charge in [-0.05, 0) is 118 Å². The Labute approximate surface area is 427 Å². The molecule has 2 N–H and O–H groups in total. The van der Waals surface area contributed by atoms with Gasteiger partial charge in [0.2, 0.25) is 17.7 Å². The number of carbonyl (C=O) groups excluding carboxylic acids is 4. The number of alkyl halides is 3. The number of thiazole rings is 1. The number of thiocarbonyl (C=S) groups is 1. The number of nitriles is 1. The quantitative estimate of drug-likeness (QED) is 0.0642. The summed E-state index contributed by atoms with van der Waals surface area (Å²) in [6.07, 6.45) is -5.18. The van der Waals surface area contributed by atoms with Crippen molar-refractivity contribution >= 4 is 63.7 Å². The minimum Gasteiger partial charge on any atom is -0.491 e. The van der Waals surface area contributed by atoms with Crippen LogP contribution < -0.4 is 25.2 Å². The van der Waals surface area contributed by atoms with Gasteiger partial charge in [-0.15, -0.1) is 11.3 Å². The van der Waals surface area contributed by atoms with E-state index < -0.39 is 64.4 Å². The highest BCUT2D eigenvalue weighted by atomic mass is 32.1. The van der Waals surface area contributed by atoms with Crippen LogP contribution in [0.3, 0.4) is 0 Å². The highest BCUT2D eigenvalue weighted by Crippen LogP contribution is 2.40. The van der Waals surface area contributed by atoms with Crippen LogP contribution in [-0.4, -0.2) is 108 Å². The fourth-order valence-electron chi connectivity index (χ4n) is 8.46. The predicted octanol–water partition coefficient (Wildman–Crippen LogP) is 8.22. The lowest BCUT2D eigenvalue weighted by molar-refractivity contribution is -0.145. The molecule has 2 aliphatic rings. The molecular formula is C52H62F3N7O8S2. The number of amides is 4. The lowest BCUT2D eigenvalue weighted by Gasteiger charge is -2.35. The number of anilines is 2. The van der Waals surface area contributed by atoms with Crippen molar-refractivity contribution in [3.8, 4) is 22.3 Å². The van der Waals surface area contributed by atoms with E-state index in [0.29, 0.717) is 30.9 Å². The molecule has 1 aromatic heterocycles. The van der Waals surface area contributed by atoms with Crippen LogP contribution in [0.25, 0.3) is 10.4 Å². The summed E-state index contributed by atoms with van der Waals surface area (Å²) in [7, 11) is 0. The van der Waals surface area contributed by atoms with Crippen LogP contribution in [0.2, 0.25) is 0 Å². The number of ether oxygens (including phenoxy) is 4. The smallest absolute Gasteiger partial charge is 0.417 e. The number of benzene rings is 3. The van der Waals surface area contributed by atoms with Gasteiger partial charge >= 0.3 is 6.18 Å². The molecule has 72 heavy (non-hydrogen) atoms. The Bertz CT molecular complexity index is 2630. The molecule has 2 fully saturated rings. The van der Waals surface area contributed by atoms with E-state index in [-0.39, 0.29) is 61.6 Å². The summed E-state index contributed by atoms with van der Waals surface area (Å²) in [6, 6.07) is 17.7. The van der Waals surface area contributed by atoms with Crippen molar-refractivity contribution in [1.82, 2.24) is 20.5 Å². The van der Waals surface area contributed by atoms with E-state index in [2.05, 4.69) is 15.6 Å². The zero-order valence-electron chi connectivity index (χ0n) is 41.9. The Kier molecular flexibility index (Phi) is 17.9. The third-order valence-corrected chi connectivity index (χ3v) is 14.0. The molecule has 386 valence electrons. The monoisotopic (exact) mass is 1030 g/mol. The van der Waals surface area contributed by atoms with Crippen LogP contribution in [0.5, 0.6) is 5.75 Å². The van der Waals surface area contributed by atoms with E-state index in [0.717, 1.165) is 38.7 Å². The molecule has 4 amide bonds. The molecule has 0 saturated carbocycles. The van der Waals surface area contributed by atoms with E-state index in [4.69, 9.17) is 31.2 Å². The van der Waals surface area contributed by atoms with Gasteiger partial charge in [0.25, 0.3) is 5.91 Å². The average molecular weight is 1030 g/mol. The van der Waals surface area contributed by atoms with Gasteiger partial charge in [0.15, 0.2) is 5.11 Å². The fourth-order valence-corrected chi connectivity index (χ4v) is 9.79. The number of aromatic nitrogens is 1. The van der Waals surface area contributed by atoms with Gasteiger partial charge in [0.1, 0.15) is 36.6 Å². The molecular weight excluding hydrogens is 972 g/mol. The summed E-state index contributed by atoms with van der Waals surface area (Å²) in [4.78, 5) is 64.2. The first-order valence-electron chi connectivity index (χ1n) is 23.6. The predicted molar refractivity (Wildman–Crippen MR) is 271 cm³/mol. The normalized spacial score (nSPS) is 18.2. The van der Waals surface area contributed by atoms with Crippen molar-refractivity contribution in [1.29, 1.82) is 5.26 Å². The molecule has 4 aromatic rings. The molecule has 0 aliphatic carbocycles. The summed E-state index contributed by atoms with van der Waals surface area (Å²) in [6.45, 7) is 17.7. The largest absolute Gasteiger partial charge is 0.491 e.